The van der Waals surface area contributed by atoms with E-state index in [4.69, 9.17) is 4.74 Å². The molecular weight excluding hydrogens is 407 g/mol. The van der Waals surface area contributed by atoms with Crippen molar-refractivity contribution in [3.05, 3.63) is 83.3 Å². The highest BCUT2D eigenvalue weighted by Crippen LogP contribution is 2.30. The smallest absolute Gasteiger partial charge is 0.262 e. The van der Waals surface area contributed by atoms with Gasteiger partial charge in [-0.3, -0.25) is 4.79 Å². The van der Waals surface area contributed by atoms with E-state index in [1.165, 1.54) is 5.56 Å². The second kappa shape index (κ2) is 8.96. The lowest BCUT2D eigenvalue weighted by Crippen LogP contribution is -2.36. The van der Waals surface area contributed by atoms with E-state index in [0.717, 1.165) is 17.7 Å². The van der Waals surface area contributed by atoms with Gasteiger partial charge in [-0.05, 0) is 47.9 Å². The summed E-state index contributed by atoms with van der Waals surface area (Å²) in [6.45, 7) is 3.62. The van der Waals surface area contributed by atoms with Crippen molar-refractivity contribution in [3.8, 4) is 0 Å². The number of benzene rings is 2. The van der Waals surface area contributed by atoms with Gasteiger partial charge in [-0.25, -0.2) is 9.37 Å². The number of pyridine rings is 1. The van der Waals surface area contributed by atoms with Gasteiger partial charge in [0.15, 0.2) is 0 Å². The zero-order valence-corrected chi connectivity index (χ0v) is 17.8. The minimum atomic E-state index is -0.253. The quantitative estimate of drug-likeness (QED) is 0.663. The van der Waals surface area contributed by atoms with Crippen LogP contribution < -0.4 is 15.1 Å². The van der Waals surface area contributed by atoms with E-state index in [1.54, 1.807) is 29.3 Å². The first-order valence-corrected chi connectivity index (χ1v) is 10.9. The Balaban J connectivity index is 1.31. The summed E-state index contributed by atoms with van der Waals surface area (Å²) in [5.41, 5.74) is 4.02. The number of aromatic nitrogens is 1. The molecule has 0 unspecified atom stereocenters. The predicted octanol–water partition coefficient (Wildman–Crippen LogP) is 3.87. The van der Waals surface area contributed by atoms with Crippen molar-refractivity contribution in [1.82, 2.24) is 4.98 Å². The van der Waals surface area contributed by atoms with E-state index in [1.807, 2.05) is 35.2 Å². The van der Waals surface area contributed by atoms with Gasteiger partial charge in [0.2, 0.25) is 0 Å². The number of nitrogens with one attached hydrogen (secondary N) is 1. The maximum absolute atomic E-state index is 14.7. The third-order valence-electron chi connectivity index (χ3n) is 5.99. The number of amides is 1. The van der Waals surface area contributed by atoms with Crippen LogP contribution in [0.2, 0.25) is 0 Å². The summed E-state index contributed by atoms with van der Waals surface area (Å²) in [6, 6.07) is 16.8. The zero-order chi connectivity index (χ0) is 21.9. The predicted molar refractivity (Wildman–Crippen MR) is 123 cm³/mol. The number of hydrogen-bond acceptors (Lipinski definition) is 5. The van der Waals surface area contributed by atoms with Crippen LogP contribution in [-0.4, -0.2) is 43.7 Å². The molecule has 3 heterocycles. The Morgan fingerprint density at radius 2 is 1.88 bits per heavy atom. The maximum Gasteiger partial charge on any atom is 0.262 e. The summed E-state index contributed by atoms with van der Waals surface area (Å²) in [7, 11) is 0. The number of carbonyl (C=O) groups is 1. The van der Waals surface area contributed by atoms with E-state index >= 15 is 0 Å². The van der Waals surface area contributed by atoms with Gasteiger partial charge in [0.1, 0.15) is 11.6 Å². The first-order valence-electron chi connectivity index (χ1n) is 10.9. The monoisotopic (exact) mass is 432 g/mol. The van der Waals surface area contributed by atoms with Crippen LogP contribution in [0.15, 0.2) is 60.8 Å². The summed E-state index contributed by atoms with van der Waals surface area (Å²) in [6.07, 6.45) is 2.50. The molecule has 2 aliphatic rings. The maximum atomic E-state index is 14.7. The van der Waals surface area contributed by atoms with Crippen molar-refractivity contribution in [3.63, 3.8) is 0 Å². The third-order valence-corrected chi connectivity index (χ3v) is 5.99. The molecule has 1 fully saturated rings. The van der Waals surface area contributed by atoms with E-state index in [-0.39, 0.29) is 11.7 Å². The summed E-state index contributed by atoms with van der Waals surface area (Å²) in [4.78, 5) is 21.5. The fraction of sp³-hybridized carbons (Fsp3) is 0.280. The van der Waals surface area contributed by atoms with Crippen molar-refractivity contribution in [2.45, 2.75) is 13.0 Å². The number of ether oxygens (including phenoxy) is 1. The van der Waals surface area contributed by atoms with Crippen molar-refractivity contribution >= 4 is 23.1 Å². The van der Waals surface area contributed by atoms with Crippen LogP contribution in [0.25, 0.3) is 0 Å². The second-order valence-electron chi connectivity index (χ2n) is 7.97. The number of carbonyl (C=O) groups excluding carboxylic acids is 1. The number of rotatable bonds is 5. The summed E-state index contributed by atoms with van der Waals surface area (Å²) in [5, 5.41) is 3.23. The Morgan fingerprint density at radius 1 is 1.03 bits per heavy atom. The molecule has 2 aliphatic heterocycles. The van der Waals surface area contributed by atoms with Crippen LogP contribution in [0.1, 0.15) is 21.5 Å². The molecule has 1 N–H and O–H groups in total. The van der Waals surface area contributed by atoms with Crippen molar-refractivity contribution in [2.24, 2.45) is 0 Å². The van der Waals surface area contributed by atoms with Crippen LogP contribution in [0.5, 0.6) is 0 Å². The lowest BCUT2D eigenvalue weighted by Gasteiger charge is -2.29. The van der Waals surface area contributed by atoms with Crippen molar-refractivity contribution < 1.29 is 13.9 Å². The topological polar surface area (TPSA) is 57.7 Å². The van der Waals surface area contributed by atoms with E-state index in [0.29, 0.717) is 56.5 Å². The number of halogens is 1. The lowest BCUT2D eigenvalue weighted by molar-refractivity contribution is 0.0990. The molecule has 1 aromatic heterocycles. The van der Waals surface area contributed by atoms with Crippen LogP contribution in [-0.2, 0) is 17.7 Å². The highest BCUT2D eigenvalue weighted by molar-refractivity contribution is 6.10. The fourth-order valence-corrected chi connectivity index (χ4v) is 4.32. The average molecular weight is 432 g/mol. The van der Waals surface area contributed by atoms with Gasteiger partial charge >= 0.3 is 0 Å². The molecule has 6 nitrogen and oxygen atoms in total. The van der Waals surface area contributed by atoms with Crippen LogP contribution in [0.3, 0.4) is 0 Å². The Hall–Kier alpha value is -3.45. The highest BCUT2D eigenvalue weighted by Gasteiger charge is 2.27. The number of fused-ring (bicyclic) bond motifs is 1. The zero-order valence-electron chi connectivity index (χ0n) is 17.8. The molecule has 1 amide bonds. The van der Waals surface area contributed by atoms with Crippen molar-refractivity contribution in [2.75, 3.05) is 48.0 Å². The van der Waals surface area contributed by atoms with Gasteiger partial charge in [-0.15, -0.1) is 0 Å². The molecule has 7 heteroatoms. The normalized spacial score (nSPS) is 15.5. The fourth-order valence-electron chi connectivity index (χ4n) is 4.32. The largest absolute Gasteiger partial charge is 0.378 e. The molecule has 32 heavy (non-hydrogen) atoms. The molecule has 164 valence electrons. The van der Waals surface area contributed by atoms with E-state index in [9.17, 15) is 9.18 Å². The minimum absolute atomic E-state index is 0.0839. The lowest BCUT2D eigenvalue weighted by atomic mass is 10.1. The highest BCUT2D eigenvalue weighted by atomic mass is 19.1. The third kappa shape index (κ3) is 4.03. The molecule has 0 atom stereocenters. The molecule has 0 radical (unpaired) electrons. The first-order chi connectivity index (χ1) is 15.7. The molecule has 0 spiro atoms. The molecule has 0 saturated carbocycles. The molecular formula is C25H25FN4O2. The average Bonchev–Trinajstić information content (AvgIpc) is 3.27. The first kappa shape index (κ1) is 20.5. The Bertz CT molecular complexity index is 1130. The SMILES string of the molecule is O=C(c1cccnc1NCc1ccc(N2CCOCC2)c(F)c1)N1CCc2ccccc21. The molecule has 3 aromatic rings. The number of para-hydroxylation sites is 1. The molecule has 1 saturated heterocycles. The van der Waals surface area contributed by atoms with Gasteiger partial charge in [0.25, 0.3) is 5.91 Å². The van der Waals surface area contributed by atoms with Gasteiger partial charge in [-0.2, -0.15) is 0 Å². The summed E-state index contributed by atoms with van der Waals surface area (Å²) >= 11 is 0. The minimum Gasteiger partial charge on any atom is -0.378 e. The Kier molecular flexibility index (Phi) is 5.73. The molecule has 0 bridgehead atoms. The summed E-state index contributed by atoms with van der Waals surface area (Å²) < 4.78 is 20.1. The Morgan fingerprint density at radius 3 is 2.72 bits per heavy atom. The van der Waals surface area contributed by atoms with Crippen LogP contribution >= 0.6 is 0 Å². The van der Waals surface area contributed by atoms with Gasteiger partial charge in [-0.1, -0.05) is 24.3 Å². The van der Waals surface area contributed by atoms with E-state index in [2.05, 4.69) is 16.4 Å². The Labute approximate surface area is 186 Å². The standard InChI is InChI=1S/C25H25FN4O2/c26-21-16-18(7-8-23(21)29-12-14-32-15-13-29)17-28-24-20(5-3-10-27-24)25(31)30-11-9-19-4-1-2-6-22(19)30/h1-8,10,16H,9,11-15,17H2,(H,27,28). The summed E-state index contributed by atoms with van der Waals surface area (Å²) in [5.74, 6) is 0.163. The number of morpholine rings is 1. The van der Waals surface area contributed by atoms with Gasteiger partial charge < -0.3 is 19.9 Å². The van der Waals surface area contributed by atoms with Crippen LogP contribution in [0, 0.1) is 5.82 Å². The molecule has 5 rings (SSSR count). The number of hydrogen-bond donors (Lipinski definition) is 1. The van der Waals surface area contributed by atoms with Gasteiger partial charge in [0.05, 0.1) is 24.5 Å². The van der Waals surface area contributed by atoms with Crippen molar-refractivity contribution in [1.29, 1.82) is 0 Å². The van der Waals surface area contributed by atoms with Crippen LogP contribution in [0.4, 0.5) is 21.6 Å². The number of nitrogens with zero attached hydrogens (tertiary/aromatic N) is 3. The molecule has 2 aromatic carbocycles. The molecule has 0 aliphatic carbocycles. The second-order valence-corrected chi connectivity index (χ2v) is 7.97. The van der Waals surface area contributed by atoms with Gasteiger partial charge in [0, 0.05) is 38.1 Å². The number of anilines is 3. The van der Waals surface area contributed by atoms with E-state index < -0.39 is 0 Å².